The van der Waals surface area contributed by atoms with Crippen LogP contribution in [0.5, 0.6) is 0 Å². The minimum atomic E-state index is 0.669. The standard InChI is InChI=1S/C8H13Br/c1-7(2)4-8(5-7)3-6(8)9/h6H,3-5H2,1-2H3. The minimum absolute atomic E-state index is 0.669. The van der Waals surface area contributed by atoms with E-state index in [0.717, 1.165) is 10.2 Å². The molecular weight excluding hydrogens is 176 g/mol. The fourth-order valence-electron chi connectivity index (χ4n) is 2.52. The minimum Gasteiger partial charge on any atom is -0.0884 e. The normalized spacial score (nSPS) is 42.3. The Morgan fingerprint density at radius 3 is 1.89 bits per heavy atom. The Hall–Kier alpha value is 0.480. The lowest BCUT2D eigenvalue weighted by molar-refractivity contribution is 0.0778. The molecule has 1 heteroatoms. The van der Waals surface area contributed by atoms with Crippen molar-refractivity contribution in [3.05, 3.63) is 0 Å². The van der Waals surface area contributed by atoms with Gasteiger partial charge in [-0.3, -0.25) is 0 Å². The van der Waals surface area contributed by atoms with E-state index in [4.69, 9.17) is 0 Å². The molecule has 0 aromatic rings. The summed E-state index contributed by atoms with van der Waals surface area (Å²) in [5, 5.41) is 0. The molecule has 0 radical (unpaired) electrons. The van der Waals surface area contributed by atoms with Crippen LogP contribution in [0.15, 0.2) is 0 Å². The first-order chi connectivity index (χ1) is 4.04. The highest BCUT2D eigenvalue weighted by molar-refractivity contribution is 9.09. The first-order valence-electron chi connectivity index (χ1n) is 3.68. The van der Waals surface area contributed by atoms with Gasteiger partial charge in [0.15, 0.2) is 0 Å². The zero-order chi connectivity index (χ0) is 6.70. The van der Waals surface area contributed by atoms with Crippen LogP contribution in [0.4, 0.5) is 0 Å². The second-order valence-corrected chi connectivity index (χ2v) is 5.66. The molecule has 0 saturated heterocycles. The van der Waals surface area contributed by atoms with E-state index in [1.807, 2.05) is 0 Å². The van der Waals surface area contributed by atoms with E-state index in [0.29, 0.717) is 5.41 Å². The highest BCUT2D eigenvalue weighted by Gasteiger charge is 2.63. The van der Waals surface area contributed by atoms with Crippen molar-refractivity contribution in [2.75, 3.05) is 0 Å². The zero-order valence-electron chi connectivity index (χ0n) is 6.08. The van der Waals surface area contributed by atoms with Crippen LogP contribution in [0, 0.1) is 10.8 Å². The summed E-state index contributed by atoms with van der Waals surface area (Å²) in [5.74, 6) is 0. The van der Waals surface area contributed by atoms with E-state index >= 15 is 0 Å². The van der Waals surface area contributed by atoms with Crippen LogP contribution in [0.3, 0.4) is 0 Å². The van der Waals surface area contributed by atoms with Gasteiger partial charge in [0.2, 0.25) is 0 Å². The number of hydrogen-bond donors (Lipinski definition) is 0. The van der Waals surface area contributed by atoms with Crippen LogP contribution in [-0.2, 0) is 0 Å². The molecule has 0 aliphatic heterocycles. The molecule has 1 spiro atoms. The Bertz CT molecular complexity index is 141. The van der Waals surface area contributed by atoms with Crippen LogP contribution >= 0.6 is 15.9 Å². The van der Waals surface area contributed by atoms with Gasteiger partial charge >= 0.3 is 0 Å². The zero-order valence-corrected chi connectivity index (χ0v) is 7.66. The third-order valence-corrected chi connectivity index (χ3v) is 4.05. The van der Waals surface area contributed by atoms with Crippen LogP contribution < -0.4 is 0 Å². The molecule has 2 fully saturated rings. The molecular formula is C8H13Br. The topological polar surface area (TPSA) is 0 Å². The van der Waals surface area contributed by atoms with Gasteiger partial charge in [-0.05, 0) is 30.1 Å². The van der Waals surface area contributed by atoms with Crippen molar-refractivity contribution >= 4 is 15.9 Å². The van der Waals surface area contributed by atoms with E-state index < -0.39 is 0 Å². The van der Waals surface area contributed by atoms with Crippen LogP contribution in [-0.4, -0.2) is 4.83 Å². The SMILES string of the molecule is CC1(C)CC2(CC2Br)C1. The largest absolute Gasteiger partial charge is 0.0884 e. The maximum absolute atomic E-state index is 3.67. The lowest BCUT2D eigenvalue weighted by atomic mass is 9.62. The predicted molar refractivity (Wildman–Crippen MR) is 42.8 cm³/mol. The Labute approximate surface area is 65.1 Å². The maximum Gasteiger partial charge on any atom is 0.0208 e. The summed E-state index contributed by atoms with van der Waals surface area (Å²) in [6.07, 6.45) is 4.35. The average molecular weight is 189 g/mol. The lowest BCUT2D eigenvalue weighted by Crippen LogP contribution is -2.34. The molecule has 2 rings (SSSR count). The van der Waals surface area contributed by atoms with Crippen molar-refractivity contribution in [3.8, 4) is 0 Å². The van der Waals surface area contributed by atoms with Gasteiger partial charge in [-0.2, -0.15) is 0 Å². The van der Waals surface area contributed by atoms with E-state index in [2.05, 4.69) is 29.8 Å². The molecule has 1 unspecified atom stereocenters. The molecule has 2 aliphatic rings. The molecule has 0 aromatic heterocycles. The van der Waals surface area contributed by atoms with Crippen molar-refractivity contribution < 1.29 is 0 Å². The molecule has 0 aromatic carbocycles. The van der Waals surface area contributed by atoms with Gasteiger partial charge in [0.25, 0.3) is 0 Å². The highest BCUT2D eigenvalue weighted by atomic mass is 79.9. The average Bonchev–Trinajstić information content (AvgIpc) is 2.09. The molecule has 2 saturated carbocycles. The third-order valence-electron chi connectivity index (χ3n) is 2.75. The van der Waals surface area contributed by atoms with Crippen molar-refractivity contribution in [3.63, 3.8) is 0 Å². The van der Waals surface area contributed by atoms with Gasteiger partial charge in [0.1, 0.15) is 0 Å². The van der Waals surface area contributed by atoms with Gasteiger partial charge < -0.3 is 0 Å². The van der Waals surface area contributed by atoms with E-state index in [1.165, 1.54) is 19.3 Å². The summed E-state index contributed by atoms with van der Waals surface area (Å²) < 4.78 is 0. The summed E-state index contributed by atoms with van der Waals surface area (Å²) in [6.45, 7) is 4.74. The quantitative estimate of drug-likeness (QED) is 0.514. The Morgan fingerprint density at radius 1 is 1.33 bits per heavy atom. The fraction of sp³-hybridized carbons (Fsp3) is 1.00. The molecule has 0 nitrogen and oxygen atoms in total. The molecule has 2 aliphatic carbocycles. The van der Waals surface area contributed by atoms with Crippen molar-refractivity contribution in [1.29, 1.82) is 0 Å². The molecule has 0 amide bonds. The van der Waals surface area contributed by atoms with Gasteiger partial charge in [0.05, 0.1) is 0 Å². The van der Waals surface area contributed by atoms with Gasteiger partial charge in [-0.15, -0.1) is 0 Å². The van der Waals surface area contributed by atoms with E-state index in [1.54, 1.807) is 0 Å². The second kappa shape index (κ2) is 1.39. The van der Waals surface area contributed by atoms with Crippen LogP contribution in [0.25, 0.3) is 0 Å². The highest BCUT2D eigenvalue weighted by Crippen LogP contribution is 2.70. The molecule has 0 N–H and O–H groups in total. The maximum atomic E-state index is 3.67. The Kier molecular flexibility index (Phi) is 0.958. The Morgan fingerprint density at radius 2 is 1.78 bits per heavy atom. The Balaban J connectivity index is 1.99. The third kappa shape index (κ3) is 0.772. The van der Waals surface area contributed by atoms with Gasteiger partial charge in [0, 0.05) is 4.83 Å². The monoisotopic (exact) mass is 188 g/mol. The molecule has 0 bridgehead atoms. The van der Waals surface area contributed by atoms with Crippen molar-refractivity contribution in [1.82, 2.24) is 0 Å². The van der Waals surface area contributed by atoms with E-state index in [-0.39, 0.29) is 0 Å². The summed E-state index contributed by atoms with van der Waals surface area (Å²) in [5.41, 5.74) is 1.45. The first kappa shape index (κ1) is 6.21. The molecule has 9 heavy (non-hydrogen) atoms. The summed E-state index contributed by atoms with van der Waals surface area (Å²) in [6, 6.07) is 0. The summed E-state index contributed by atoms with van der Waals surface area (Å²) in [7, 11) is 0. The predicted octanol–water partition coefficient (Wildman–Crippen LogP) is 2.96. The number of hydrogen-bond acceptors (Lipinski definition) is 0. The number of rotatable bonds is 0. The van der Waals surface area contributed by atoms with Crippen molar-refractivity contribution in [2.24, 2.45) is 10.8 Å². The first-order valence-corrected chi connectivity index (χ1v) is 4.60. The number of alkyl halides is 1. The van der Waals surface area contributed by atoms with Crippen LogP contribution in [0.2, 0.25) is 0 Å². The smallest absolute Gasteiger partial charge is 0.0208 e. The van der Waals surface area contributed by atoms with E-state index in [9.17, 15) is 0 Å². The van der Waals surface area contributed by atoms with Crippen LogP contribution in [0.1, 0.15) is 33.1 Å². The molecule has 52 valence electrons. The molecule has 0 heterocycles. The van der Waals surface area contributed by atoms with Gasteiger partial charge in [-0.1, -0.05) is 29.8 Å². The molecule has 1 atom stereocenters. The van der Waals surface area contributed by atoms with Gasteiger partial charge in [-0.25, -0.2) is 0 Å². The fourth-order valence-corrected chi connectivity index (χ4v) is 3.49. The summed E-state index contributed by atoms with van der Waals surface area (Å²) in [4.78, 5) is 0.873. The second-order valence-electron chi connectivity index (χ2n) is 4.55. The summed E-state index contributed by atoms with van der Waals surface area (Å²) >= 11 is 3.67. The van der Waals surface area contributed by atoms with Crippen molar-refractivity contribution in [2.45, 2.75) is 37.9 Å². The lowest BCUT2D eigenvalue weighted by Gasteiger charge is -2.44. The number of halogens is 1.